The standard InChI is InChI=1S/C24H23N3O2S/c1-3-22(28)26-21-15-20(14-9-16(21)2)25-24(30)27-23(29)19-12-10-18(11-13-19)17-7-5-4-6-8-17/h4-15H,3H2,1-2H3,(H,26,28)(H2,25,27,29,30). The minimum absolute atomic E-state index is 0.0647. The smallest absolute Gasteiger partial charge is 0.257 e. The highest BCUT2D eigenvalue weighted by Crippen LogP contribution is 2.21. The average molecular weight is 418 g/mol. The van der Waals surface area contributed by atoms with Crippen LogP contribution in [0.2, 0.25) is 0 Å². The molecule has 6 heteroatoms. The van der Waals surface area contributed by atoms with Crippen LogP contribution in [0.1, 0.15) is 29.3 Å². The zero-order valence-corrected chi connectivity index (χ0v) is 17.7. The molecule has 3 N–H and O–H groups in total. The Morgan fingerprint density at radius 3 is 2.20 bits per heavy atom. The summed E-state index contributed by atoms with van der Waals surface area (Å²) in [4.78, 5) is 24.2. The van der Waals surface area contributed by atoms with E-state index in [0.29, 0.717) is 23.4 Å². The summed E-state index contributed by atoms with van der Waals surface area (Å²) in [5.74, 6) is -0.358. The Bertz CT molecular complexity index is 1060. The molecule has 0 aliphatic carbocycles. The van der Waals surface area contributed by atoms with E-state index < -0.39 is 0 Å². The maximum Gasteiger partial charge on any atom is 0.257 e. The van der Waals surface area contributed by atoms with Crippen LogP contribution in [0.3, 0.4) is 0 Å². The molecule has 30 heavy (non-hydrogen) atoms. The lowest BCUT2D eigenvalue weighted by Gasteiger charge is -2.13. The van der Waals surface area contributed by atoms with E-state index in [1.807, 2.05) is 61.5 Å². The molecule has 0 saturated heterocycles. The van der Waals surface area contributed by atoms with E-state index in [4.69, 9.17) is 12.2 Å². The van der Waals surface area contributed by atoms with Crippen molar-refractivity contribution in [2.45, 2.75) is 20.3 Å². The second-order valence-electron chi connectivity index (χ2n) is 6.78. The predicted molar refractivity (Wildman–Crippen MR) is 126 cm³/mol. The Morgan fingerprint density at radius 1 is 0.867 bits per heavy atom. The summed E-state index contributed by atoms with van der Waals surface area (Å²) in [6, 6.07) is 22.8. The topological polar surface area (TPSA) is 70.2 Å². The van der Waals surface area contributed by atoms with Crippen molar-refractivity contribution >= 4 is 40.5 Å². The van der Waals surface area contributed by atoms with Crippen molar-refractivity contribution in [1.29, 1.82) is 0 Å². The average Bonchev–Trinajstić information content (AvgIpc) is 2.76. The first-order valence-electron chi connectivity index (χ1n) is 9.64. The van der Waals surface area contributed by atoms with Gasteiger partial charge in [0.15, 0.2) is 5.11 Å². The number of anilines is 2. The fourth-order valence-corrected chi connectivity index (χ4v) is 3.07. The summed E-state index contributed by atoms with van der Waals surface area (Å²) in [5.41, 5.74) is 4.96. The summed E-state index contributed by atoms with van der Waals surface area (Å²) in [6.45, 7) is 3.71. The van der Waals surface area contributed by atoms with E-state index in [2.05, 4.69) is 16.0 Å². The fraction of sp³-hybridized carbons (Fsp3) is 0.125. The van der Waals surface area contributed by atoms with Gasteiger partial charge in [-0.25, -0.2) is 0 Å². The SMILES string of the molecule is CCC(=O)Nc1cc(NC(=S)NC(=O)c2ccc(-c3ccccc3)cc2)ccc1C. The Hall–Kier alpha value is -3.51. The molecule has 0 fully saturated rings. The van der Waals surface area contributed by atoms with Crippen LogP contribution in [0.25, 0.3) is 11.1 Å². The molecule has 3 rings (SSSR count). The lowest BCUT2D eigenvalue weighted by Crippen LogP contribution is -2.34. The van der Waals surface area contributed by atoms with Crippen molar-refractivity contribution in [2.75, 3.05) is 10.6 Å². The van der Waals surface area contributed by atoms with Crippen LogP contribution in [0.15, 0.2) is 72.8 Å². The van der Waals surface area contributed by atoms with Gasteiger partial charge in [0.2, 0.25) is 5.91 Å². The van der Waals surface area contributed by atoms with Gasteiger partial charge >= 0.3 is 0 Å². The summed E-state index contributed by atoms with van der Waals surface area (Å²) in [7, 11) is 0. The lowest BCUT2D eigenvalue weighted by atomic mass is 10.0. The van der Waals surface area contributed by atoms with Crippen molar-refractivity contribution in [3.05, 3.63) is 83.9 Å². The zero-order valence-electron chi connectivity index (χ0n) is 16.9. The molecule has 0 unspecified atom stereocenters. The van der Waals surface area contributed by atoms with Crippen LogP contribution in [-0.2, 0) is 4.79 Å². The van der Waals surface area contributed by atoms with Crippen molar-refractivity contribution in [3.8, 4) is 11.1 Å². The third kappa shape index (κ3) is 5.52. The lowest BCUT2D eigenvalue weighted by molar-refractivity contribution is -0.115. The van der Waals surface area contributed by atoms with Crippen LogP contribution in [0.5, 0.6) is 0 Å². The van der Waals surface area contributed by atoms with Gasteiger partial charge in [-0.3, -0.25) is 14.9 Å². The number of thiocarbonyl (C=S) groups is 1. The molecule has 0 atom stereocenters. The monoisotopic (exact) mass is 417 g/mol. The maximum absolute atomic E-state index is 12.5. The first-order valence-corrected chi connectivity index (χ1v) is 10.1. The number of nitrogens with one attached hydrogen (secondary N) is 3. The van der Waals surface area contributed by atoms with Crippen LogP contribution in [-0.4, -0.2) is 16.9 Å². The van der Waals surface area contributed by atoms with E-state index >= 15 is 0 Å². The van der Waals surface area contributed by atoms with Crippen molar-refractivity contribution < 1.29 is 9.59 Å². The first kappa shape index (κ1) is 21.2. The maximum atomic E-state index is 12.5. The molecule has 0 aromatic heterocycles. The molecule has 0 saturated carbocycles. The number of carbonyl (C=O) groups is 2. The van der Waals surface area contributed by atoms with Gasteiger partial charge in [0.25, 0.3) is 5.91 Å². The molecule has 3 aromatic carbocycles. The number of rotatable bonds is 5. The molecule has 0 heterocycles. The molecule has 3 aromatic rings. The molecule has 0 aliphatic rings. The number of hydrogen-bond donors (Lipinski definition) is 3. The Labute approximate surface area is 181 Å². The van der Waals surface area contributed by atoms with Gasteiger partial charge in [0.05, 0.1) is 0 Å². The molecule has 152 valence electrons. The van der Waals surface area contributed by atoms with Gasteiger partial charge in [0, 0.05) is 23.4 Å². The molecule has 0 spiro atoms. The molecule has 2 amide bonds. The summed E-state index contributed by atoms with van der Waals surface area (Å²) < 4.78 is 0. The van der Waals surface area contributed by atoms with Crippen LogP contribution in [0, 0.1) is 6.92 Å². The van der Waals surface area contributed by atoms with Crippen LogP contribution >= 0.6 is 12.2 Å². The third-order valence-corrected chi connectivity index (χ3v) is 4.78. The largest absolute Gasteiger partial charge is 0.332 e. The summed E-state index contributed by atoms with van der Waals surface area (Å²) in [5, 5.41) is 8.70. The van der Waals surface area contributed by atoms with E-state index in [1.54, 1.807) is 25.1 Å². The van der Waals surface area contributed by atoms with Crippen LogP contribution < -0.4 is 16.0 Å². The van der Waals surface area contributed by atoms with Gasteiger partial charge < -0.3 is 10.6 Å². The Morgan fingerprint density at radius 2 is 1.53 bits per heavy atom. The molecule has 0 radical (unpaired) electrons. The van der Waals surface area contributed by atoms with E-state index in [1.165, 1.54) is 0 Å². The van der Waals surface area contributed by atoms with Crippen molar-refractivity contribution in [3.63, 3.8) is 0 Å². The minimum Gasteiger partial charge on any atom is -0.332 e. The van der Waals surface area contributed by atoms with E-state index in [9.17, 15) is 9.59 Å². The van der Waals surface area contributed by atoms with Gasteiger partial charge in [-0.15, -0.1) is 0 Å². The number of benzene rings is 3. The normalized spacial score (nSPS) is 10.2. The molecular formula is C24H23N3O2S. The van der Waals surface area contributed by atoms with E-state index in [-0.39, 0.29) is 16.9 Å². The Balaban J connectivity index is 1.63. The first-order chi connectivity index (χ1) is 14.5. The minimum atomic E-state index is -0.293. The number of aryl methyl sites for hydroxylation is 1. The molecule has 5 nitrogen and oxygen atoms in total. The van der Waals surface area contributed by atoms with Crippen LogP contribution in [0.4, 0.5) is 11.4 Å². The highest BCUT2D eigenvalue weighted by Gasteiger charge is 2.10. The number of amides is 2. The van der Waals surface area contributed by atoms with Gasteiger partial charge in [-0.1, -0.05) is 55.5 Å². The predicted octanol–water partition coefficient (Wildman–Crippen LogP) is 5.14. The molecule has 0 bridgehead atoms. The van der Waals surface area contributed by atoms with Gasteiger partial charge in [0.1, 0.15) is 0 Å². The summed E-state index contributed by atoms with van der Waals surface area (Å²) in [6.07, 6.45) is 0.397. The van der Waals surface area contributed by atoms with Crippen molar-refractivity contribution in [1.82, 2.24) is 5.32 Å². The van der Waals surface area contributed by atoms with Gasteiger partial charge in [-0.2, -0.15) is 0 Å². The highest BCUT2D eigenvalue weighted by atomic mass is 32.1. The number of hydrogen-bond acceptors (Lipinski definition) is 3. The van der Waals surface area contributed by atoms with Crippen molar-refractivity contribution in [2.24, 2.45) is 0 Å². The highest BCUT2D eigenvalue weighted by molar-refractivity contribution is 7.80. The van der Waals surface area contributed by atoms with E-state index in [0.717, 1.165) is 16.7 Å². The zero-order chi connectivity index (χ0) is 21.5. The summed E-state index contributed by atoms with van der Waals surface area (Å²) >= 11 is 5.27. The second kappa shape index (κ2) is 9.80. The second-order valence-corrected chi connectivity index (χ2v) is 7.19. The molecular weight excluding hydrogens is 394 g/mol. The third-order valence-electron chi connectivity index (χ3n) is 4.57. The molecule has 0 aliphatic heterocycles. The number of carbonyl (C=O) groups excluding carboxylic acids is 2. The fourth-order valence-electron chi connectivity index (χ4n) is 2.86. The van der Waals surface area contributed by atoms with Gasteiger partial charge in [-0.05, 0) is 60.1 Å². The quantitative estimate of drug-likeness (QED) is 0.503. The Kier molecular flexibility index (Phi) is 6.93.